The standard InChI is InChI=1S/C30H58F2N8O13/c31-30(32,10-35)25(46)26(47)40-14-6-13(37)22(51-27-12(36)3-2-11(48-27)8-39-5-1-4-33)24(18(14)42)53-29-21(45)23(16(9-41)50-29)52-28-17(38)20(44)19(43)15(7-34)49-28/h11-25,27-29,39,41-46H,1-10,33-38H2,(H,40,47)/t11-,12+,13-,14+,15-,16+,17+,18-,19+,20+,21+,22+,23+,24+,25?,27+,28+,29-/m0/s1. The Hall–Kier alpha value is -1.43. The van der Waals surface area contributed by atoms with Crippen LogP contribution >= 0.6 is 0 Å². The number of halogens is 2. The number of carbonyl (C=O) groups is 1. The summed E-state index contributed by atoms with van der Waals surface area (Å²) in [6.45, 7) is -0.679. The number of hydrogen-bond donors (Lipinski definition) is 14. The maximum atomic E-state index is 14.1. The molecule has 0 aromatic heterocycles. The summed E-state index contributed by atoms with van der Waals surface area (Å²) in [5.74, 6) is -5.54. The molecule has 0 aromatic carbocycles. The molecule has 0 radical (unpaired) electrons. The lowest BCUT2D eigenvalue weighted by Crippen LogP contribution is -2.67. The Balaban J connectivity index is 1.55. The third-order valence-electron chi connectivity index (χ3n) is 10.0. The summed E-state index contributed by atoms with van der Waals surface area (Å²) >= 11 is 0. The van der Waals surface area contributed by atoms with Crippen molar-refractivity contribution in [2.45, 2.75) is 142 Å². The zero-order valence-electron chi connectivity index (χ0n) is 29.2. The SMILES string of the molecule is NCCCNC[C@@H]1CC[C@@H](N)[C@@H](O[C@H]2[C@H](O[C@@H]3O[C@H](CO)[C@@H](O[C@H]4O[C@@H](CN)[C@@H](O)[C@H](O)[C@H]4N)[C@H]3O)[C@@H](O)[C@H](NC(=O)C(O)C(F)(F)CN)C[C@@H]2N)O1. The first-order chi connectivity index (χ1) is 25.1. The summed E-state index contributed by atoms with van der Waals surface area (Å²) in [4.78, 5) is 12.7. The smallest absolute Gasteiger partial charge is 0.294 e. The molecule has 0 bridgehead atoms. The quantitative estimate of drug-likeness (QED) is 0.0610. The molecule has 3 heterocycles. The summed E-state index contributed by atoms with van der Waals surface area (Å²) in [6, 6.07) is -4.48. The van der Waals surface area contributed by atoms with Crippen molar-refractivity contribution in [3.8, 4) is 0 Å². The highest BCUT2D eigenvalue weighted by Crippen LogP contribution is 2.35. The molecule has 3 saturated heterocycles. The highest BCUT2D eigenvalue weighted by molar-refractivity contribution is 5.82. The minimum Gasteiger partial charge on any atom is -0.394 e. The van der Waals surface area contributed by atoms with Crippen LogP contribution in [0.15, 0.2) is 0 Å². The molecule has 1 saturated carbocycles. The first kappa shape index (κ1) is 44.3. The van der Waals surface area contributed by atoms with Gasteiger partial charge in [-0.2, -0.15) is 0 Å². The van der Waals surface area contributed by atoms with E-state index in [0.29, 0.717) is 32.5 Å². The number of alkyl halides is 2. The van der Waals surface area contributed by atoms with Crippen LogP contribution in [0.4, 0.5) is 8.78 Å². The molecule has 0 spiro atoms. The van der Waals surface area contributed by atoms with Crippen molar-refractivity contribution in [3.63, 3.8) is 0 Å². The van der Waals surface area contributed by atoms with E-state index in [4.69, 9.17) is 62.8 Å². The van der Waals surface area contributed by atoms with Gasteiger partial charge >= 0.3 is 0 Å². The second kappa shape index (κ2) is 19.6. The number of rotatable bonds is 17. The molecule has 4 fully saturated rings. The minimum absolute atomic E-state index is 0.219. The molecule has 21 nitrogen and oxygen atoms in total. The molecule has 23 heteroatoms. The molecule has 4 rings (SSSR count). The van der Waals surface area contributed by atoms with Gasteiger partial charge < -0.3 is 104 Å². The van der Waals surface area contributed by atoms with E-state index in [1.165, 1.54) is 0 Å². The highest BCUT2D eigenvalue weighted by atomic mass is 19.3. The lowest BCUT2D eigenvalue weighted by Gasteiger charge is -2.47. The average Bonchev–Trinajstić information content (AvgIpc) is 3.43. The topological polar surface area (TPSA) is 374 Å². The first-order valence-electron chi connectivity index (χ1n) is 17.8. The van der Waals surface area contributed by atoms with Crippen LogP contribution < -0.4 is 45.0 Å². The normalized spacial score (nSPS) is 43.1. The summed E-state index contributed by atoms with van der Waals surface area (Å²) < 4.78 is 63.8. The highest BCUT2D eigenvalue weighted by Gasteiger charge is 2.54. The van der Waals surface area contributed by atoms with Gasteiger partial charge in [0.05, 0.1) is 37.4 Å². The summed E-state index contributed by atoms with van der Waals surface area (Å²) in [7, 11) is 0. The molecular formula is C30H58F2N8O13. The molecule has 310 valence electrons. The van der Waals surface area contributed by atoms with Crippen LogP contribution in [0.25, 0.3) is 0 Å². The van der Waals surface area contributed by atoms with Gasteiger partial charge in [0.25, 0.3) is 11.8 Å². The van der Waals surface area contributed by atoms with Crippen LogP contribution in [0.3, 0.4) is 0 Å². The van der Waals surface area contributed by atoms with Crippen molar-refractivity contribution in [3.05, 3.63) is 0 Å². The summed E-state index contributed by atoms with van der Waals surface area (Å²) in [5, 5.41) is 69.1. The fraction of sp³-hybridized carbons (Fsp3) is 0.967. The van der Waals surface area contributed by atoms with E-state index in [-0.39, 0.29) is 19.1 Å². The zero-order chi connectivity index (χ0) is 39.2. The number of ether oxygens (including phenoxy) is 6. The molecule has 0 aromatic rings. The van der Waals surface area contributed by atoms with Crippen LogP contribution in [-0.2, 0) is 33.2 Å². The average molecular weight is 777 g/mol. The van der Waals surface area contributed by atoms with Crippen molar-refractivity contribution >= 4 is 5.91 Å². The van der Waals surface area contributed by atoms with Crippen LogP contribution in [0.2, 0.25) is 0 Å². The van der Waals surface area contributed by atoms with E-state index in [9.17, 15) is 44.2 Å². The fourth-order valence-electron chi connectivity index (χ4n) is 6.79. The van der Waals surface area contributed by atoms with Crippen molar-refractivity contribution in [2.24, 2.45) is 34.4 Å². The van der Waals surface area contributed by atoms with Gasteiger partial charge in [0.15, 0.2) is 25.0 Å². The molecular weight excluding hydrogens is 718 g/mol. The minimum atomic E-state index is -3.99. The number of carbonyl (C=O) groups excluding carboxylic acids is 1. The Morgan fingerprint density at radius 3 is 2.13 bits per heavy atom. The van der Waals surface area contributed by atoms with Gasteiger partial charge in [-0.3, -0.25) is 4.79 Å². The van der Waals surface area contributed by atoms with Crippen LogP contribution in [0.1, 0.15) is 25.7 Å². The largest absolute Gasteiger partial charge is 0.394 e. The first-order valence-corrected chi connectivity index (χ1v) is 17.8. The van der Waals surface area contributed by atoms with E-state index in [1.54, 1.807) is 0 Å². The van der Waals surface area contributed by atoms with E-state index < -0.39 is 129 Å². The lowest BCUT2D eigenvalue weighted by atomic mass is 9.83. The number of amides is 1. The molecule has 1 amide bonds. The summed E-state index contributed by atoms with van der Waals surface area (Å²) in [6.07, 6.45) is -19.0. The zero-order valence-corrected chi connectivity index (χ0v) is 29.2. The van der Waals surface area contributed by atoms with Gasteiger partial charge in [-0.1, -0.05) is 0 Å². The lowest BCUT2D eigenvalue weighted by molar-refractivity contribution is -0.290. The number of aliphatic hydroxyl groups is 6. The Morgan fingerprint density at radius 2 is 1.49 bits per heavy atom. The van der Waals surface area contributed by atoms with E-state index >= 15 is 0 Å². The van der Waals surface area contributed by atoms with Gasteiger partial charge in [0, 0.05) is 19.1 Å². The van der Waals surface area contributed by atoms with Gasteiger partial charge in [-0.25, -0.2) is 8.78 Å². The number of aliphatic hydroxyl groups excluding tert-OH is 6. The molecule has 18 atom stereocenters. The van der Waals surface area contributed by atoms with E-state index in [0.717, 1.165) is 6.42 Å². The monoisotopic (exact) mass is 776 g/mol. The Labute approximate surface area is 304 Å². The van der Waals surface area contributed by atoms with Crippen LogP contribution in [0.5, 0.6) is 0 Å². The predicted molar refractivity (Wildman–Crippen MR) is 177 cm³/mol. The van der Waals surface area contributed by atoms with E-state index in [2.05, 4.69) is 10.6 Å². The Morgan fingerprint density at radius 1 is 0.830 bits per heavy atom. The van der Waals surface area contributed by atoms with Crippen molar-refractivity contribution in [2.75, 3.05) is 39.3 Å². The van der Waals surface area contributed by atoms with Crippen LogP contribution in [-0.4, -0.2) is 192 Å². The molecule has 1 aliphatic carbocycles. The van der Waals surface area contributed by atoms with Gasteiger partial charge in [0.1, 0.15) is 54.9 Å². The maximum absolute atomic E-state index is 14.1. The second-order valence-corrected chi connectivity index (χ2v) is 13.9. The fourth-order valence-corrected chi connectivity index (χ4v) is 6.79. The predicted octanol–water partition coefficient (Wildman–Crippen LogP) is -7.74. The van der Waals surface area contributed by atoms with Gasteiger partial charge in [-0.05, 0) is 38.8 Å². The Kier molecular flexibility index (Phi) is 16.4. The maximum Gasteiger partial charge on any atom is 0.294 e. The Bertz CT molecular complexity index is 1150. The van der Waals surface area contributed by atoms with E-state index in [1.807, 2.05) is 0 Å². The molecule has 3 aliphatic heterocycles. The summed E-state index contributed by atoms with van der Waals surface area (Å²) in [5.41, 5.74) is 35.1. The number of hydrogen-bond acceptors (Lipinski definition) is 20. The van der Waals surface area contributed by atoms with Crippen LogP contribution in [0, 0.1) is 0 Å². The molecule has 4 aliphatic rings. The second-order valence-electron chi connectivity index (χ2n) is 13.9. The van der Waals surface area contributed by atoms with Crippen molar-refractivity contribution in [1.29, 1.82) is 0 Å². The molecule has 20 N–H and O–H groups in total. The number of nitrogens with one attached hydrogen (secondary N) is 2. The molecule has 53 heavy (non-hydrogen) atoms. The third kappa shape index (κ3) is 10.5. The van der Waals surface area contributed by atoms with Gasteiger partial charge in [0.2, 0.25) is 0 Å². The van der Waals surface area contributed by atoms with Gasteiger partial charge in [-0.15, -0.1) is 0 Å². The van der Waals surface area contributed by atoms with Crippen molar-refractivity contribution in [1.82, 2.24) is 10.6 Å². The van der Waals surface area contributed by atoms with Crippen molar-refractivity contribution < 1.29 is 72.6 Å². The number of nitrogens with two attached hydrogens (primary N) is 6. The molecule has 1 unspecified atom stereocenters. The third-order valence-corrected chi connectivity index (χ3v) is 10.0.